The molecule has 17 heavy (non-hydrogen) atoms. The molecule has 0 atom stereocenters. The van der Waals surface area contributed by atoms with Crippen molar-refractivity contribution < 1.29 is 9.90 Å². The molecule has 0 aliphatic rings. The predicted octanol–water partition coefficient (Wildman–Crippen LogP) is 2.57. The van der Waals surface area contributed by atoms with E-state index in [1.807, 2.05) is 6.92 Å². The molecule has 0 radical (unpaired) electrons. The summed E-state index contributed by atoms with van der Waals surface area (Å²) in [4.78, 5) is 11.9. The molecule has 1 aromatic carbocycles. The zero-order valence-corrected chi connectivity index (χ0v) is 11.2. The van der Waals surface area contributed by atoms with Crippen LogP contribution in [0.4, 0.5) is 5.13 Å². The summed E-state index contributed by atoms with van der Waals surface area (Å²) in [6, 6.07) is 3.34. The maximum Gasteiger partial charge on any atom is 0.261 e. The lowest BCUT2D eigenvalue weighted by molar-refractivity contribution is 0.102. The highest BCUT2D eigenvalue weighted by atomic mass is 79.9. The summed E-state index contributed by atoms with van der Waals surface area (Å²) in [6.07, 6.45) is 0. The van der Waals surface area contributed by atoms with Gasteiger partial charge in [-0.25, -0.2) is 0 Å². The molecule has 2 aromatic rings. The van der Waals surface area contributed by atoms with Gasteiger partial charge in [0.1, 0.15) is 11.3 Å². The number of phenolic OH excluding ortho intramolecular Hbond substituents is 1. The molecule has 0 aliphatic heterocycles. The average Bonchev–Trinajstić information content (AvgIpc) is 2.76. The summed E-state index contributed by atoms with van der Waals surface area (Å²) in [5, 5.41) is 20.0. The first-order valence-corrected chi connectivity index (χ1v) is 6.32. The lowest BCUT2D eigenvalue weighted by Gasteiger charge is -2.07. The number of carbonyl (C=O) groups is 1. The van der Waals surface area contributed by atoms with Gasteiger partial charge in [0.05, 0.1) is 10.0 Å². The third-order valence-corrected chi connectivity index (χ3v) is 3.24. The maximum atomic E-state index is 11.9. The van der Waals surface area contributed by atoms with E-state index in [-0.39, 0.29) is 11.3 Å². The molecule has 0 fully saturated rings. The fraction of sp³-hybridized carbons (Fsp3) is 0.100. The first kappa shape index (κ1) is 12.0. The van der Waals surface area contributed by atoms with Gasteiger partial charge in [0, 0.05) is 0 Å². The Balaban J connectivity index is 2.31. The fourth-order valence-corrected chi connectivity index (χ4v) is 2.31. The Morgan fingerprint density at radius 3 is 2.94 bits per heavy atom. The Morgan fingerprint density at radius 1 is 1.53 bits per heavy atom. The van der Waals surface area contributed by atoms with Crippen LogP contribution in [0.15, 0.2) is 22.1 Å². The molecule has 0 unspecified atom stereocenters. The Morgan fingerprint density at radius 2 is 2.29 bits per heavy atom. The number of phenols is 1. The van der Waals surface area contributed by atoms with E-state index in [4.69, 9.17) is 0 Å². The number of nitrogens with one attached hydrogen (secondary N) is 1. The lowest BCUT2D eigenvalue weighted by atomic mass is 10.1. The Kier molecular flexibility index (Phi) is 3.39. The molecule has 0 saturated heterocycles. The Bertz CT molecular complexity index is 557. The largest absolute Gasteiger partial charge is 0.506 e. The number of aromatic nitrogens is 2. The summed E-state index contributed by atoms with van der Waals surface area (Å²) in [6.45, 7) is 1.84. The molecular weight excluding hydrogens is 306 g/mol. The van der Waals surface area contributed by atoms with E-state index in [9.17, 15) is 9.90 Å². The minimum atomic E-state index is -0.413. The molecule has 5 nitrogen and oxygen atoms in total. The van der Waals surface area contributed by atoms with E-state index in [2.05, 4.69) is 31.4 Å². The highest BCUT2D eigenvalue weighted by Gasteiger charge is 2.15. The molecule has 7 heteroatoms. The van der Waals surface area contributed by atoms with Crippen molar-refractivity contribution in [3.05, 3.63) is 33.2 Å². The van der Waals surface area contributed by atoms with E-state index in [1.54, 1.807) is 12.1 Å². The van der Waals surface area contributed by atoms with Gasteiger partial charge in [0.25, 0.3) is 5.91 Å². The van der Waals surface area contributed by atoms with E-state index < -0.39 is 5.91 Å². The number of hydrogen-bond donors (Lipinski definition) is 2. The van der Waals surface area contributed by atoms with Gasteiger partial charge in [0.2, 0.25) is 5.13 Å². The van der Waals surface area contributed by atoms with Gasteiger partial charge in [-0.3, -0.25) is 10.1 Å². The van der Waals surface area contributed by atoms with Crippen molar-refractivity contribution in [3.8, 4) is 5.75 Å². The average molecular weight is 314 g/mol. The van der Waals surface area contributed by atoms with Gasteiger partial charge in [-0.2, -0.15) is 0 Å². The first-order valence-electron chi connectivity index (χ1n) is 4.64. The van der Waals surface area contributed by atoms with Crippen molar-refractivity contribution in [2.75, 3.05) is 5.32 Å². The number of hydrogen-bond acceptors (Lipinski definition) is 5. The highest BCUT2D eigenvalue weighted by molar-refractivity contribution is 9.10. The van der Waals surface area contributed by atoms with E-state index in [0.717, 1.165) is 5.56 Å². The zero-order chi connectivity index (χ0) is 12.4. The van der Waals surface area contributed by atoms with Gasteiger partial charge in [-0.05, 0) is 40.5 Å². The molecule has 1 heterocycles. The number of carbonyl (C=O) groups excluding carboxylic acids is 1. The summed E-state index contributed by atoms with van der Waals surface area (Å²) in [7, 11) is 0. The van der Waals surface area contributed by atoms with Crippen LogP contribution in [-0.2, 0) is 0 Å². The van der Waals surface area contributed by atoms with E-state index in [0.29, 0.717) is 9.60 Å². The van der Waals surface area contributed by atoms with Gasteiger partial charge in [-0.1, -0.05) is 11.3 Å². The molecule has 2 rings (SSSR count). The van der Waals surface area contributed by atoms with E-state index >= 15 is 0 Å². The number of aromatic hydroxyl groups is 1. The second-order valence-electron chi connectivity index (χ2n) is 3.34. The summed E-state index contributed by atoms with van der Waals surface area (Å²) in [5.74, 6) is -0.499. The SMILES string of the molecule is Cc1cc(Br)c(O)c(C(=O)Nc2nncs2)c1. The molecule has 0 saturated carbocycles. The molecule has 0 spiro atoms. The van der Waals surface area contributed by atoms with Crippen molar-refractivity contribution in [1.29, 1.82) is 0 Å². The maximum absolute atomic E-state index is 11.9. The van der Waals surface area contributed by atoms with Gasteiger partial charge >= 0.3 is 0 Å². The van der Waals surface area contributed by atoms with Crippen LogP contribution in [0.1, 0.15) is 15.9 Å². The molecule has 2 N–H and O–H groups in total. The highest BCUT2D eigenvalue weighted by Crippen LogP contribution is 2.29. The normalized spacial score (nSPS) is 10.2. The number of aryl methyl sites for hydroxylation is 1. The zero-order valence-electron chi connectivity index (χ0n) is 8.77. The second-order valence-corrected chi connectivity index (χ2v) is 5.03. The number of halogens is 1. The summed E-state index contributed by atoms with van der Waals surface area (Å²) >= 11 is 4.40. The van der Waals surface area contributed by atoms with Crippen molar-refractivity contribution >= 4 is 38.3 Å². The third kappa shape index (κ3) is 2.62. The summed E-state index contributed by atoms with van der Waals surface area (Å²) in [5.41, 5.74) is 2.59. The molecule has 0 bridgehead atoms. The molecule has 0 aliphatic carbocycles. The number of amides is 1. The standard InChI is InChI=1S/C10H8BrN3O2S/c1-5-2-6(8(15)7(11)3-5)9(16)13-10-14-12-4-17-10/h2-4,15H,1H3,(H,13,14,16). The molecular formula is C10H8BrN3O2S. The molecule has 1 aromatic heterocycles. The van der Waals surface area contributed by atoms with Crippen LogP contribution in [0.3, 0.4) is 0 Å². The van der Waals surface area contributed by atoms with Crippen LogP contribution in [-0.4, -0.2) is 21.2 Å². The van der Waals surface area contributed by atoms with Crippen molar-refractivity contribution in [2.24, 2.45) is 0 Å². The quantitative estimate of drug-likeness (QED) is 0.893. The monoisotopic (exact) mass is 313 g/mol. The predicted molar refractivity (Wildman–Crippen MR) is 68.4 cm³/mol. The minimum absolute atomic E-state index is 0.0855. The lowest BCUT2D eigenvalue weighted by Crippen LogP contribution is -2.12. The van der Waals surface area contributed by atoms with Crippen LogP contribution in [0.25, 0.3) is 0 Å². The first-order chi connectivity index (χ1) is 8.08. The van der Waals surface area contributed by atoms with Crippen LogP contribution >= 0.6 is 27.3 Å². The number of rotatable bonds is 2. The van der Waals surface area contributed by atoms with Crippen LogP contribution < -0.4 is 5.32 Å². The van der Waals surface area contributed by atoms with E-state index in [1.165, 1.54) is 16.8 Å². The van der Waals surface area contributed by atoms with Crippen LogP contribution in [0.2, 0.25) is 0 Å². The minimum Gasteiger partial charge on any atom is -0.506 e. The smallest absolute Gasteiger partial charge is 0.261 e. The number of nitrogens with zero attached hydrogens (tertiary/aromatic N) is 2. The van der Waals surface area contributed by atoms with Crippen molar-refractivity contribution in [1.82, 2.24) is 10.2 Å². The Hall–Kier alpha value is -1.47. The van der Waals surface area contributed by atoms with Crippen molar-refractivity contribution in [3.63, 3.8) is 0 Å². The fourth-order valence-electron chi connectivity index (χ4n) is 1.30. The van der Waals surface area contributed by atoms with Crippen LogP contribution in [0, 0.1) is 6.92 Å². The number of anilines is 1. The number of benzene rings is 1. The molecule has 1 amide bonds. The van der Waals surface area contributed by atoms with Crippen molar-refractivity contribution in [2.45, 2.75) is 6.92 Å². The van der Waals surface area contributed by atoms with Gasteiger partial charge in [0.15, 0.2) is 0 Å². The second kappa shape index (κ2) is 4.80. The van der Waals surface area contributed by atoms with Gasteiger partial charge < -0.3 is 5.11 Å². The Labute approximate surface area is 110 Å². The van der Waals surface area contributed by atoms with Crippen LogP contribution in [0.5, 0.6) is 5.75 Å². The summed E-state index contributed by atoms with van der Waals surface area (Å²) < 4.78 is 0.486. The third-order valence-electron chi connectivity index (χ3n) is 2.03. The van der Waals surface area contributed by atoms with Gasteiger partial charge in [-0.15, -0.1) is 10.2 Å². The molecule has 88 valence electrons. The topological polar surface area (TPSA) is 75.1 Å².